The summed E-state index contributed by atoms with van der Waals surface area (Å²) in [5.41, 5.74) is 1.04. The van der Waals surface area contributed by atoms with Crippen molar-refractivity contribution < 1.29 is 9.90 Å². The first-order chi connectivity index (χ1) is 11.4. The van der Waals surface area contributed by atoms with E-state index in [9.17, 15) is 9.90 Å². The smallest absolute Gasteiger partial charge is 0.123 e. The first kappa shape index (κ1) is 15.9. The van der Waals surface area contributed by atoms with Crippen molar-refractivity contribution in [1.29, 1.82) is 0 Å². The topological polar surface area (TPSA) is 37.3 Å². The van der Waals surface area contributed by atoms with Gasteiger partial charge in [0.25, 0.3) is 0 Å². The van der Waals surface area contributed by atoms with Gasteiger partial charge in [0, 0.05) is 11.3 Å². The summed E-state index contributed by atoms with van der Waals surface area (Å²) >= 11 is 0. The maximum atomic E-state index is 11.5. The minimum Gasteiger partial charge on any atom is -0.393 e. The minimum atomic E-state index is -0.0545. The molecule has 0 saturated heterocycles. The highest BCUT2D eigenvalue weighted by molar-refractivity contribution is 5.53. The van der Waals surface area contributed by atoms with Crippen LogP contribution in [0.15, 0.2) is 0 Å². The lowest BCUT2D eigenvalue weighted by Gasteiger charge is -2.60. The molecule has 5 fully saturated rings. The van der Waals surface area contributed by atoms with Crippen LogP contribution in [0.1, 0.15) is 72.1 Å². The van der Waals surface area contributed by atoms with Crippen molar-refractivity contribution >= 4 is 6.29 Å². The average Bonchev–Trinajstić information content (AvgIpc) is 3.09. The van der Waals surface area contributed by atoms with E-state index < -0.39 is 0 Å². The molecule has 5 aliphatic carbocycles. The monoisotopic (exact) mass is 330 g/mol. The zero-order valence-electron chi connectivity index (χ0n) is 15.6. The molecule has 5 rings (SSSR count). The number of carbonyl (C=O) groups excluding carboxylic acids is 1. The number of rotatable bonds is 2. The van der Waals surface area contributed by atoms with E-state index >= 15 is 0 Å². The van der Waals surface area contributed by atoms with Gasteiger partial charge in [-0.15, -0.1) is 0 Å². The van der Waals surface area contributed by atoms with Gasteiger partial charge in [-0.3, -0.25) is 0 Å². The molecule has 2 heteroatoms. The van der Waals surface area contributed by atoms with E-state index in [-0.39, 0.29) is 12.0 Å². The molecule has 0 amide bonds. The van der Waals surface area contributed by atoms with Crippen LogP contribution in [-0.2, 0) is 4.79 Å². The molecule has 10 atom stereocenters. The predicted molar refractivity (Wildman–Crippen MR) is 94.3 cm³/mol. The highest BCUT2D eigenvalue weighted by Gasteiger charge is 2.77. The van der Waals surface area contributed by atoms with Crippen LogP contribution in [0.4, 0.5) is 0 Å². The first-order valence-corrected chi connectivity index (χ1v) is 10.5. The van der Waals surface area contributed by atoms with Crippen molar-refractivity contribution in [2.75, 3.05) is 0 Å². The number of hydrogen-bond donors (Lipinski definition) is 1. The molecule has 0 bridgehead atoms. The minimum absolute atomic E-state index is 0.0545. The normalized spacial score (nSPS) is 62.2. The van der Waals surface area contributed by atoms with Gasteiger partial charge in [0.1, 0.15) is 6.29 Å². The Labute approximate surface area is 146 Å². The van der Waals surface area contributed by atoms with E-state index in [2.05, 4.69) is 20.8 Å². The van der Waals surface area contributed by atoms with Crippen LogP contribution in [0.25, 0.3) is 0 Å². The molecular formula is C22H34O2. The van der Waals surface area contributed by atoms with E-state index in [1.165, 1.54) is 51.2 Å². The third kappa shape index (κ3) is 1.57. The van der Waals surface area contributed by atoms with Gasteiger partial charge in [-0.2, -0.15) is 0 Å². The Kier molecular flexibility index (Phi) is 3.08. The fourth-order valence-corrected chi connectivity index (χ4v) is 9.31. The summed E-state index contributed by atoms with van der Waals surface area (Å²) in [5, 5.41) is 11.2. The van der Waals surface area contributed by atoms with Crippen molar-refractivity contribution in [1.82, 2.24) is 0 Å². The molecule has 134 valence electrons. The Hall–Kier alpha value is -0.370. The van der Waals surface area contributed by atoms with Gasteiger partial charge in [-0.1, -0.05) is 20.8 Å². The van der Waals surface area contributed by atoms with Gasteiger partial charge in [0.2, 0.25) is 0 Å². The van der Waals surface area contributed by atoms with E-state index in [1.807, 2.05) is 0 Å². The van der Waals surface area contributed by atoms with Crippen LogP contribution in [-0.4, -0.2) is 17.5 Å². The average molecular weight is 331 g/mol. The zero-order chi connectivity index (χ0) is 16.9. The van der Waals surface area contributed by atoms with Gasteiger partial charge in [0.15, 0.2) is 0 Å². The summed E-state index contributed by atoms with van der Waals surface area (Å²) in [6.45, 7) is 7.16. The summed E-state index contributed by atoms with van der Waals surface area (Å²) in [6, 6.07) is 0. The van der Waals surface area contributed by atoms with Gasteiger partial charge in [-0.25, -0.2) is 0 Å². The van der Waals surface area contributed by atoms with Crippen molar-refractivity contribution in [2.24, 2.45) is 51.8 Å². The molecule has 0 radical (unpaired) electrons. The molecule has 24 heavy (non-hydrogen) atoms. The Morgan fingerprint density at radius 1 is 1.08 bits per heavy atom. The van der Waals surface area contributed by atoms with Crippen LogP contribution >= 0.6 is 0 Å². The van der Waals surface area contributed by atoms with Crippen LogP contribution in [0, 0.1) is 51.8 Å². The molecule has 2 nitrogen and oxygen atoms in total. The van der Waals surface area contributed by atoms with Gasteiger partial charge in [0.05, 0.1) is 6.10 Å². The SMILES string of the molecule is C[C@H](C=O)C1CCC2C3C[C@@H](O)C45CC4CC[C@]5(C)C3CC[C@@]21C. The van der Waals surface area contributed by atoms with Crippen LogP contribution in [0.5, 0.6) is 0 Å². The third-order valence-electron chi connectivity index (χ3n) is 10.5. The van der Waals surface area contributed by atoms with Crippen molar-refractivity contribution in [3.8, 4) is 0 Å². The second-order valence-corrected chi connectivity index (χ2v) is 10.7. The number of aldehydes is 1. The molecule has 0 aliphatic heterocycles. The molecule has 5 saturated carbocycles. The van der Waals surface area contributed by atoms with E-state index in [1.54, 1.807) is 0 Å². The van der Waals surface area contributed by atoms with Gasteiger partial charge < -0.3 is 9.90 Å². The number of aliphatic hydroxyl groups is 1. The Bertz CT molecular complexity index is 572. The molecule has 1 N–H and O–H groups in total. The molecule has 6 unspecified atom stereocenters. The van der Waals surface area contributed by atoms with Crippen molar-refractivity contribution in [2.45, 2.75) is 78.2 Å². The summed E-state index contributed by atoms with van der Waals surface area (Å²) in [6.07, 6.45) is 11.4. The number of carbonyl (C=O) groups is 1. The van der Waals surface area contributed by atoms with Crippen LogP contribution in [0.3, 0.4) is 0 Å². The highest BCUT2D eigenvalue weighted by Crippen LogP contribution is 2.81. The third-order valence-corrected chi connectivity index (χ3v) is 10.5. The number of aliphatic hydroxyl groups excluding tert-OH is 1. The molecule has 5 aliphatic rings. The molecule has 0 aromatic heterocycles. The van der Waals surface area contributed by atoms with E-state index in [0.29, 0.717) is 28.1 Å². The predicted octanol–water partition coefficient (Wildman–Crippen LogP) is 4.45. The summed E-state index contributed by atoms with van der Waals surface area (Å²) in [5.74, 6) is 3.88. The van der Waals surface area contributed by atoms with Gasteiger partial charge >= 0.3 is 0 Å². The van der Waals surface area contributed by atoms with E-state index in [4.69, 9.17) is 0 Å². The molecule has 0 aromatic carbocycles. The summed E-state index contributed by atoms with van der Waals surface area (Å²) < 4.78 is 0. The fourth-order valence-electron chi connectivity index (χ4n) is 9.31. The maximum Gasteiger partial charge on any atom is 0.123 e. The standard InChI is InChI=1S/C22H34O2/c1-13(12-23)16-4-5-17-15-10-19(24)22-11-14(22)6-9-21(22,3)18(15)7-8-20(16,17)2/h12-19,24H,4-11H2,1-3H3/t13-,14?,15?,16?,17?,18?,19-,20-,21-,22?/m1/s1. The zero-order valence-corrected chi connectivity index (χ0v) is 15.6. The molecule has 0 heterocycles. The lowest BCUT2D eigenvalue weighted by molar-refractivity contribution is -0.152. The molecular weight excluding hydrogens is 296 g/mol. The van der Waals surface area contributed by atoms with Crippen molar-refractivity contribution in [3.05, 3.63) is 0 Å². The number of hydrogen-bond acceptors (Lipinski definition) is 2. The Morgan fingerprint density at radius 2 is 1.88 bits per heavy atom. The van der Waals surface area contributed by atoms with Crippen LogP contribution < -0.4 is 0 Å². The maximum absolute atomic E-state index is 11.5. The highest BCUT2D eigenvalue weighted by atomic mass is 16.3. The first-order valence-electron chi connectivity index (χ1n) is 10.5. The number of fused-ring (bicyclic) bond motifs is 4. The summed E-state index contributed by atoms with van der Waals surface area (Å²) in [4.78, 5) is 11.5. The quantitative estimate of drug-likeness (QED) is 0.760. The van der Waals surface area contributed by atoms with Crippen LogP contribution in [0.2, 0.25) is 0 Å². The second kappa shape index (κ2) is 4.67. The Morgan fingerprint density at radius 3 is 2.58 bits per heavy atom. The molecule has 1 spiro atoms. The summed E-state index contributed by atoms with van der Waals surface area (Å²) in [7, 11) is 0. The fraction of sp³-hybridized carbons (Fsp3) is 0.955. The van der Waals surface area contributed by atoms with Gasteiger partial charge in [-0.05, 0) is 91.8 Å². The lowest BCUT2D eigenvalue weighted by atomic mass is 9.45. The Balaban J connectivity index is 1.50. The largest absolute Gasteiger partial charge is 0.393 e. The second-order valence-electron chi connectivity index (χ2n) is 10.7. The molecule has 0 aromatic rings. The van der Waals surface area contributed by atoms with E-state index in [0.717, 1.165) is 24.2 Å². The lowest BCUT2D eigenvalue weighted by Crippen LogP contribution is -2.56. The van der Waals surface area contributed by atoms with Crippen molar-refractivity contribution in [3.63, 3.8) is 0 Å².